The molecule has 0 aromatic heterocycles. The minimum atomic E-state index is -4.52. The zero-order valence-electron chi connectivity index (χ0n) is 12.4. The zero-order valence-corrected chi connectivity index (χ0v) is 12.4. The third kappa shape index (κ3) is 4.74. The first-order chi connectivity index (χ1) is 11.4. The van der Waals surface area contributed by atoms with Gasteiger partial charge in [-0.25, -0.2) is 4.79 Å². The molecule has 4 nitrogen and oxygen atoms in total. The number of alkyl halides is 3. The summed E-state index contributed by atoms with van der Waals surface area (Å²) >= 11 is 0. The highest BCUT2D eigenvalue weighted by Gasteiger charge is 2.31. The summed E-state index contributed by atoms with van der Waals surface area (Å²) in [4.78, 5) is 11.7. The maximum absolute atomic E-state index is 12.7. The van der Waals surface area contributed by atoms with Gasteiger partial charge in [0.15, 0.2) is 0 Å². The summed E-state index contributed by atoms with van der Waals surface area (Å²) in [5, 5.41) is 11.3. The maximum atomic E-state index is 12.7. The molecular formula is C17H13F3N2O2. The molecule has 0 saturated heterocycles. The van der Waals surface area contributed by atoms with Gasteiger partial charge in [0.2, 0.25) is 0 Å². The van der Waals surface area contributed by atoms with Crippen LogP contribution in [0.1, 0.15) is 22.7 Å². The molecule has 1 unspecified atom stereocenters. The molecule has 2 aromatic rings. The van der Waals surface area contributed by atoms with Crippen molar-refractivity contribution in [3.8, 4) is 6.07 Å². The SMILES string of the molecule is N#CC(NC(=O)OCc1ccccc1)c1cccc(C(F)(F)F)c1. The van der Waals surface area contributed by atoms with Crippen molar-refractivity contribution in [1.29, 1.82) is 5.26 Å². The molecule has 0 bridgehead atoms. The number of nitriles is 1. The standard InChI is InChI=1S/C17H13F3N2O2/c18-17(19,20)14-8-4-7-13(9-14)15(10-21)22-16(23)24-11-12-5-2-1-3-6-12/h1-9,15H,11H2,(H,22,23). The Balaban J connectivity index is 2.02. The zero-order chi connectivity index (χ0) is 17.6. The molecule has 2 rings (SSSR count). The fourth-order valence-corrected chi connectivity index (χ4v) is 1.97. The third-order valence-corrected chi connectivity index (χ3v) is 3.15. The molecule has 1 amide bonds. The Bertz CT molecular complexity index is 739. The first-order valence-electron chi connectivity index (χ1n) is 6.94. The molecule has 0 radical (unpaired) electrons. The molecule has 124 valence electrons. The molecule has 7 heteroatoms. The Morgan fingerprint density at radius 3 is 2.50 bits per heavy atom. The monoisotopic (exact) mass is 334 g/mol. The van der Waals surface area contributed by atoms with Crippen LogP contribution in [-0.2, 0) is 17.5 Å². The van der Waals surface area contributed by atoms with Crippen molar-refractivity contribution in [1.82, 2.24) is 5.32 Å². The van der Waals surface area contributed by atoms with Gasteiger partial charge in [0.25, 0.3) is 0 Å². The molecule has 0 spiro atoms. The number of nitrogens with zero attached hydrogens (tertiary/aromatic N) is 1. The molecule has 0 heterocycles. The van der Waals surface area contributed by atoms with Crippen LogP contribution in [0.5, 0.6) is 0 Å². The number of amides is 1. The number of halogens is 3. The van der Waals surface area contributed by atoms with Crippen molar-refractivity contribution in [2.45, 2.75) is 18.8 Å². The van der Waals surface area contributed by atoms with Crippen LogP contribution in [0.15, 0.2) is 54.6 Å². The lowest BCUT2D eigenvalue weighted by Gasteiger charge is -2.14. The number of ether oxygens (including phenoxy) is 1. The molecular weight excluding hydrogens is 321 g/mol. The van der Waals surface area contributed by atoms with Crippen molar-refractivity contribution in [2.75, 3.05) is 0 Å². The van der Waals surface area contributed by atoms with E-state index in [1.54, 1.807) is 30.3 Å². The number of hydrogen-bond donors (Lipinski definition) is 1. The third-order valence-electron chi connectivity index (χ3n) is 3.15. The van der Waals surface area contributed by atoms with Crippen LogP contribution in [0.4, 0.5) is 18.0 Å². The first kappa shape index (κ1) is 17.3. The highest BCUT2D eigenvalue weighted by Crippen LogP contribution is 2.30. The molecule has 0 fully saturated rings. The van der Waals surface area contributed by atoms with Gasteiger partial charge < -0.3 is 10.1 Å². The van der Waals surface area contributed by atoms with Gasteiger partial charge >= 0.3 is 12.3 Å². The molecule has 0 saturated carbocycles. The Labute approximate surface area is 136 Å². The molecule has 0 aliphatic carbocycles. The Morgan fingerprint density at radius 1 is 1.17 bits per heavy atom. The molecule has 1 atom stereocenters. The lowest BCUT2D eigenvalue weighted by atomic mass is 10.0. The highest BCUT2D eigenvalue weighted by atomic mass is 19.4. The summed E-state index contributed by atoms with van der Waals surface area (Å²) in [6.07, 6.45) is -5.41. The molecule has 0 aliphatic heterocycles. The Morgan fingerprint density at radius 2 is 1.88 bits per heavy atom. The topological polar surface area (TPSA) is 62.1 Å². The second kappa shape index (κ2) is 7.51. The van der Waals surface area contributed by atoms with Gasteiger partial charge in [-0.05, 0) is 23.3 Å². The molecule has 0 aliphatic rings. The van der Waals surface area contributed by atoms with Crippen molar-refractivity contribution < 1.29 is 22.7 Å². The van der Waals surface area contributed by atoms with E-state index in [0.717, 1.165) is 17.7 Å². The van der Waals surface area contributed by atoms with Crippen molar-refractivity contribution in [3.05, 3.63) is 71.3 Å². The minimum absolute atomic E-state index is 0.00654. The van der Waals surface area contributed by atoms with Gasteiger partial charge in [-0.2, -0.15) is 18.4 Å². The maximum Gasteiger partial charge on any atom is 0.416 e. The van der Waals surface area contributed by atoms with E-state index < -0.39 is 23.9 Å². The minimum Gasteiger partial charge on any atom is -0.445 e. The van der Waals surface area contributed by atoms with E-state index in [4.69, 9.17) is 10.00 Å². The second-order valence-corrected chi connectivity index (χ2v) is 4.89. The van der Waals surface area contributed by atoms with Gasteiger partial charge in [-0.1, -0.05) is 42.5 Å². The number of hydrogen-bond acceptors (Lipinski definition) is 3. The second-order valence-electron chi connectivity index (χ2n) is 4.89. The summed E-state index contributed by atoms with van der Waals surface area (Å²) in [5.74, 6) is 0. The van der Waals surface area contributed by atoms with Crippen molar-refractivity contribution >= 4 is 6.09 Å². The van der Waals surface area contributed by atoms with Crippen LogP contribution < -0.4 is 5.32 Å². The summed E-state index contributed by atoms with van der Waals surface area (Å²) in [7, 11) is 0. The van der Waals surface area contributed by atoms with E-state index >= 15 is 0 Å². The van der Waals surface area contributed by atoms with Crippen LogP contribution >= 0.6 is 0 Å². The Kier molecular flexibility index (Phi) is 5.42. The van der Waals surface area contributed by atoms with Crippen LogP contribution in [0.2, 0.25) is 0 Å². The van der Waals surface area contributed by atoms with Gasteiger partial charge in [0.1, 0.15) is 12.6 Å². The number of carbonyl (C=O) groups is 1. The average molecular weight is 334 g/mol. The van der Waals surface area contributed by atoms with Crippen molar-refractivity contribution in [2.24, 2.45) is 0 Å². The average Bonchev–Trinajstić information content (AvgIpc) is 2.58. The predicted octanol–water partition coefficient (Wildman–Crippen LogP) is 4.20. The summed E-state index contributed by atoms with van der Waals surface area (Å²) in [6.45, 7) is -0.00654. The summed E-state index contributed by atoms with van der Waals surface area (Å²) in [5.41, 5.74) is -0.107. The normalized spacial score (nSPS) is 12.1. The number of alkyl carbamates (subject to hydrolysis) is 1. The van der Waals surface area contributed by atoms with E-state index in [9.17, 15) is 18.0 Å². The van der Waals surface area contributed by atoms with Crippen LogP contribution in [0, 0.1) is 11.3 Å². The van der Waals surface area contributed by atoms with E-state index in [-0.39, 0.29) is 12.2 Å². The van der Waals surface area contributed by atoms with Gasteiger partial charge in [0.05, 0.1) is 11.6 Å². The van der Waals surface area contributed by atoms with E-state index in [2.05, 4.69) is 5.32 Å². The fraction of sp³-hybridized carbons (Fsp3) is 0.176. The quantitative estimate of drug-likeness (QED) is 0.911. The lowest BCUT2D eigenvalue weighted by molar-refractivity contribution is -0.137. The highest BCUT2D eigenvalue weighted by molar-refractivity contribution is 5.68. The van der Waals surface area contributed by atoms with Crippen LogP contribution in [0.25, 0.3) is 0 Å². The first-order valence-corrected chi connectivity index (χ1v) is 6.94. The van der Waals surface area contributed by atoms with E-state index in [1.165, 1.54) is 12.1 Å². The van der Waals surface area contributed by atoms with E-state index in [0.29, 0.717) is 0 Å². The molecule has 2 aromatic carbocycles. The summed E-state index contributed by atoms with van der Waals surface area (Å²) in [6, 6.07) is 13.6. The van der Waals surface area contributed by atoms with Crippen LogP contribution in [0.3, 0.4) is 0 Å². The Hall–Kier alpha value is -3.01. The fourth-order valence-electron chi connectivity index (χ4n) is 1.97. The van der Waals surface area contributed by atoms with Gasteiger partial charge in [-0.3, -0.25) is 0 Å². The predicted molar refractivity (Wildman–Crippen MR) is 79.6 cm³/mol. The lowest BCUT2D eigenvalue weighted by Crippen LogP contribution is -2.28. The molecule has 24 heavy (non-hydrogen) atoms. The van der Waals surface area contributed by atoms with Gasteiger partial charge in [-0.15, -0.1) is 0 Å². The molecule has 1 N–H and O–H groups in total. The number of nitrogens with one attached hydrogen (secondary N) is 1. The van der Waals surface area contributed by atoms with Gasteiger partial charge in [0, 0.05) is 0 Å². The largest absolute Gasteiger partial charge is 0.445 e. The van der Waals surface area contributed by atoms with Crippen molar-refractivity contribution in [3.63, 3.8) is 0 Å². The summed E-state index contributed by atoms with van der Waals surface area (Å²) < 4.78 is 43.1. The van der Waals surface area contributed by atoms with E-state index in [1.807, 2.05) is 6.07 Å². The number of benzene rings is 2. The number of rotatable bonds is 4. The van der Waals surface area contributed by atoms with Crippen LogP contribution in [-0.4, -0.2) is 6.09 Å². The smallest absolute Gasteiger partial charge is 0.416 e. The number of carbonyl (C=O) groups excluding carboxylic acids is 1.